The molecule has 19 heavy (non-hydrogen) atoms. The predicted octanol–water partition coefficient (Wildman–Crippen LogP) is 2.61. The summed E-state index contributed by atoms with van der Waals surface area (Å²) in [5.41, 5.74) is 1.13. The summed E-state index contributed by atoms with van der Waals surface area (Å²) in [6, 6.07) is 7.94. The minimum atomic E-state index is -0.121. The van der Waals surface area contributed by atoms with Crippen LogP contribution < -0.4 is 5.32 Å². The molecular weight excluding hydrogens is 262 g/mol. The predicted molar refractivity (Wildman–Crippen MR) is 76.6 cm³/mol. The van der Waals surface area contributed by atoms with Crippen LogP contribution in [-0.4, -0.2) is 31.1 Å². The summed E-state index contributed by atoms with van der Waals surface area (Å²) in [4.78, 5) is 11.8. The van der Waals surface area contributed by atoms with Gasteiger partial charge < -0.3 is 10.1 Å². The van der Waals surface area contributed by atoms with E-state index < -0.39 is 0 Å². The lowest BCUT2D eigenvalue weighted by Gasteiger charge is -2.27. The number of ether oxygens (including phenoxy) is 1. The van der Waals surface area contributed by atoms with Gasteiger partial charge in [0.2, 0.25) is 0 Å². The van der Waals surface area contributed by atoms with Gasteiger partial charge in [-0.15, -0.1) is 0 Å². The van der Waals surface area contributed by atoms with Crippen molar-refractivity contribution in [1.29, 1.82) is 0 Å². The van der Waals surface area contributed by atoms with Gasteiger partial charge in [0.15, 0.2) is 0 Å². The summed E-state index contributed by atoms with van der Waals surface area (Å²) in [6.45, 7) is 3.21. The number of rotatable bonds is 5. The zero-order valence-electron chi connectivity index (χ0n) is 11.2. The molecule has 1 N–H and O–H groups in total. The molecule has 1 aromatic carbocycles. The smallest absolute Gasteiger partial charge is 0.147 e. The number of hydrogen-bond acceptors (Lipinski definition) is 3. The molecule has 1 fully saturated rings. The molecule has 1 heterocycles. The molecule has 1 aromatic rings. The molecule has 0 radical (unpaired) electrons. The first-order valence-corrected chi connectivity index (χ1v) is 7.11. The van der Waals surface area contributed by atoms with Gasteiger partial charge in [-0.25, -0.2) is 0 Å². The Morgan fingerprint density at radius 2 is 2.00 bits per heavy atom. The van der Waals surface area contributed by atoms with Crippen LogP contribution in [0, 0.1) is 0 Å². The van der Waals surface area contributed by atoms with Crippen molar-refractivity contribution in [1.82, 2.24) is 5.32 Å². The van der Waals surface area contributed by atoms with Gasteiger partial charge in [0.25, 0.3) is 0 Å². The first kappa shape index (κ1) is 14.5. The first-order valence-electron chi connectivity index (χ1n) is 6.74. The number of carbonyl (C=O) groups is 1. The van der Waals surface area contributed by atoms with Gasteiger partial charge in [-0.1, -0.05) is 23.7 Å². The highest BCUT2D eigenvalue weighted by molar-refractivity contribution is 6.30. The van der Waals surface area contributed by atoms with E-state index in [-0.39, 0.29) is 11.8 Å². The Balaban J connectivity index is 1.95. The number of Topliss-reactive ketones (excluding diaryl/α,β-unsaturated/α-hetero) is 1. The lowest BCUT2D eigenvalue weighted by Crippen LogP contribution is -2.46. The van der Waals surface area contributed by atoms with Crippen LogP contribution in [0.5, 0.6) is 0 Å². The van der Waals surface area contributed by atoms with E-state index in [1.165, 1.54) is 0 Å². The van der Waals surface area contributed by atoms with E-state index in [1.54, 1.807) is 6.92 Å². The lowest BCUT2D eigenvalue weighted by molar-refractivity contribution is -0.119. The molecule has 0 saturated carbocycles. The zero-order valence-corrected chi connectivity index (χ0v) is 12.0. The molecular formula is C15H20ClNO2. The van der Waals surface area contributed by atoms with Crippen molar-refractivity contribution in [2.75, 3.05) is 13.2 Å². The van der Waals surface area contributed by atoms with Gasteiger partial charge in [-0.05, 0) is 43.9 Å². The Labute approximate surface area is 119 Å². The average molecular weight is 282 g/mol. The second-order valence-corrected chi connectivity index (χ2v) is 5.48. The average Bonchev–Trinajstić information content (AvgIpc) is 2.41. The first-order chi connectivity index (χ1) is 9.15. The standard InChI is InChI=1S/C15H20ClNO2/c1-11(18)15(17-14-6-8-19-9-7-14)10-12-2-4-13(16)5-3-12/h2-5,14-15,17H,6-10H2,1H3/t15-/m1/s1. The van der Waals surface area contributed by atoms with Crippen molar-refractivity contribution in [2.24, 2.45) is 0 Å². The monoisotopic (exact) mass is 281 g/mol. The highest BCUT2D eigenvalue weighted by Gasteiger charge is 2.21. The van der Waals surface area contributed by atoms with Gasteiger partial charge in [-0.3, -0.25) is 4.79 Å². The minimum absolute atomic E-state index is 0.121. The molecule has 1 aliphatic rings. The van der Waals surface area contributed by atoms with Gasteiger partial charge in [0, 0.05) is 24.3 Å². The maximum atomic E-state index is 11.8. The van der Waals surface area contributed by atoms with Crippen LogP contribution >= 0.6 is 11.6 Å². The second kappa shape index (κ2) is 7.04. The number of carbonyl (C=O) groups excluding carboxylic acids is 1. The molecule has 0 aliphatic carbocycles. The molecule has 0 spiro atoms. The third-order valence-corrected chi connectivity index (χ3v) is 3.75. The maximum absolute atomic E-state index is 11.8. The van der Waals surface area contributed by atoms with Gasteiger partial charge >= 0.3 is 0 Å². The number of benzene rings is 1. The van der Waals surface area contributed by atoms with E-state index in [0.717, 1.165) is 36.6 Å². The summed E-state index contributed by atoms with van der Waals surface area (Å²) < 4.78 is 5.33. The molecule has 104 valence electrons. The van der Waals surface area contributed by atoms with E-state index in [9.17, 15) is 4.79 Å². The van der Waals surface area contributed by atoms with Gasteiger partial charge in [-0.2, -0.15) is 0 Å². The highest BCUT2D eigenvalue weighted by atomic mass is 35.5. The highest BCUT2D eigenvalue weighted by Crippen LogP contribution is 2.13. The van der Waals surface area contributed by atoms with Crippen molar-refractivity contribution in [3.63, 3.8) is 0 Å². The molecule has 0 amide bonds. The van der Waals surface area contributed by atoms with Crippen molar-refractivity contribution >= 4 is 17.4 Å². The van der Waals surface area contributed by atoms with Crippen molar-refractivity contribution < 1.29 is 9.53 Å². The van der Waals surface area contributed by atoms with Gasteiger partial charge in [0.1, 0.15) is 5.78 Å². The van der Waals surface area contributed by atoms with Crippen LogP contribution in [0.3, 0.4) is 0 Å². The topological polar surface area (TPSA) is 38.3 Å². The largest absolute Gasteiger partial charge is 0.381 e. The Bertz CT molecular complexity index is 413. The second-order valence-electron chi connectivity index (χ2n) is 5.05. The van der Waals surface area contributed by atoms with Crippen LogP contribution in [0.4, 0.5) is 0 Å². The fourth-order valence-corrected chi connectivity index (χ4v) is 2.45. The van der Waals surface area contributed by atoms with Crippen LogP contribution in [0.2, 0.25) is 5.02 Å². The maximum Gasteiger partial charge on any atom is 0.147 e. The summed E-state index contributed by atoms with van der Waals surface area (Å²) in [5, 5.41) is 4.18. The molecule has 0 bridgehead atoms. The summed E-state index contributed by atoms with van der Waals surface area (Å²) in [7, 11) is 0. The Morgan fingerprint density at radius 1 is 1.37 bits per heavy atom. The molecule has 4 heteroatoms. The summed E-state index contributed by atoms with van der Waals surface area (Å²) in [5.74, 6) is 0.182. The molecule has 2 rings (SSSR count). The van der Waals surface area contributed by atoms with Crippen LogP contribution in [0.25, 0.3) is 0 Å². The Morgan fingerprint density at radius 3 is 2.58 bits per heavy atom. The fourth-order valence-electron chi connectivity index (χ4n) is 2.32. The third-order valence-electron chi connectivity index (χ3n) is 3.50. The number of nitrogens with one attached hydrogen (secondary N) is 1. The van der Waals surface area contributed by atoms with Crippen molar-refractivity contribution in [3.8, 4) is 0 Å². The molecule has 1 atom stereocenters. The Kier molecular flexibility index (Phi) is 5.37. The molecule has 3 nitrogen and oxygen atoms in total. The Hall–Kier alpha value is -0.900. The van der Waals surface area contributed by atoms with Crippen molar-refractivity contribution in [2.45, 2.75) is 38.3 Å². The van der Waals surface area contributed by atoms with E-state index in [4.69, 9.17) is 16.3 Å². The summed E-state index contributed by atoms with van der Waals surface area (Å²) in [6.07, 6.45) is 2.67. The van der Waals surface area contributed by atoms with Crippen LogP contribution in [0.1, 0.15) is 25.3 Å². The number of ketones is 1. The SMILES string of the molecule is CC(=O)[C@@H](Cc1ccc(Cl)cc1)NC1CCOCC1. The molecule has 1 aliphatic heterocycles. The van der Waals surface area contributed by atoms with E-state index in [0.29, 0.717) is 12.5 Å². The van der Waals surface area contributed by atoms with Crippen LogP contribution in [0.15, 0.2) is 24.3 Å². The third kappa shape index (κ3) is 4.60. The number of hydrogen-bond donors (Lipinski definition) is 1. The quantitative estimate of drug-likeness (QED) is 0.902. The zero-order chi connectivity index (χ0) is 13.7. The van der Waals surface area contributed by atoms with E-state index in [2.05, 4.69) is 5.32 Å². The van der Waals surface area contributed by atoms with Crippen molar-refractivity contribution in [3.05, 3.63) is 34.9 Å². The number of halogens is 1. The summed E-state index contributed by atoms with van der Waals surface area (Å²) >= 11 is 5.87. The van der Waals surface area contributed by atoms with E-state index in [1.807, 2.05) is 24.3 Å². The molecule has 1 saturated heterocycles. The van der Waals surface area contributed by atoms with Crippen LogP contribution in [-0.2, 0) is 16.0 Å². The molecule has 0 unspecified atom stereocenters. The fraction of sp³-hybridized carbons (Fsp3) is 0.533. The minimum Gasteiger partial charge on any atom is -0.381 e. The normalized spacial score (nSPS) is 18.2. The molecule has 0 aromatic heterocycles. The van der Waals surface area contributed by atoms with E-state index >= 15 is 0 Å². The lowest BCUT2D eigenvalue weighted by atomic mass is 10.0. The van der Waals surface area contributed by atoms with Gasteiger partial charge in [0.05, 0.1) is 6.04 Å².